The summed E-state index contributed by atoms with van der Waals surface area (Å²) in [6, 6.07) is -1.99. The van der Waals surface area contributed by atoms with Crippen LogP contribution >= 0.6 is 0 Å². The summed E-state index contributed by atoms with van der Waals surface area (Å²) < 4.78 is 57.9. The lowest BCUT2D eigenvalue weighted by molar-refractivity contribution is -0.264. The summed E-state index contributed by atoms with van der Waals surface area (Å²) in [5, 5.41) is 33.3. The molecule has 0 radical (unpaired) electrons. The highest BCUT2D eigenvalue weighted by atomic mass is 32.2. The first-order chi connectivity index (χ1) is 35.4. The molecule has 1 aliphatic carbocycles. The zero-order chi connectivity index (χ0) is 55.8. The number of sulfonamides is 1. The lowest BCUT2D eigenvalue weighted by Gasteiger charge is -2.43. The summed E-state index contributed by atoms with van der Waals surface area (Å²) in [4.78, 5) is 73.1. The molecule has 18 heteroatoms. The molecule has 1 saturated carbocycles. The van der Waals surface area contributed by atoms with Crippen molar-refractivity contribution < 1.29 is 71.4 Å². The van der Waals surface area contributed by atoms with Crippen LogP contribution in [0.4, 0.5) is 0 Å². The molecular weight excluding hydrogens is 985 g/mol. The van der Waals surface area contributed by atoms with Crippen molar-refractivity contribution in [3.63, 3.8) is 0 Å². The molecule has 2 saturated heterocycles. The van der Waals surface area contributed by atoms with Crippen molar-refractivity contribution in [3.05, 3.63) is 47.6 Å². The molecule has 2 bridgehead atoms. The molecule has 3 heterocycles. The maximum absolute atomic E-state index is 14.6. The Bertz CT molecular complexity index is 2140. The molecule has 3 aliphatic heterocycles. The third-order valence-corrected chi connectivity index (χ3v) is 18.2. The normalized spacial score (nSPS) is 36.9. The average molecular weight is 1080 g/mol. The highest BCUT2D eigenvalue weighted by Crippen LogP contribution is 2.39. The van der Waals surface area contributed by atoms with E-state index in [4.69, 9.17) is 23.7 Å². The number of carbonyl (C=O) groups excluding carboxylic acids is 5. The maximum Gasteiger partial charge on any atom is 0.329 e. The molecular formula is C57H92N2O15S. The number of Topliss-reactive ketones (excluding diaryl/α,β-unsaturated/α-hetero) is 3. The van der Waals surface area contributed by atoms with Crippen LogP contribution in [0.3, 0.4) is 0 Å². The summed E-state index contributed by atoms with van der Waals surface area (Å²) in [5.74, 6) is -9.27. The van der Waals surface area contributed by atoms with Gasteiger partial charge in [0, 0.05) is 63.9 Å². The highest BCUT2D eigenvalue weighted by molar-refractivity contribution is 7.89. The fraction of sp³-hybridized carbons (Fsp3) is 0.772. The van der Waals surface area contributed by atoms with Crippen LogP contribution in [-0.2, 0) is 57.7 Å². The molecule has 0 aromatic rings. The minimum atomic E-state index is -3.88. The first-order valence-corrected chi connectivity index (χ1v) is 29.1. The number of aliphatic hydroxyl groups is 3. The molecule has 15 atom stereocenters. The van der Waals surface area contributed by atoms with E-state index in [9.17, 15) is 47.7 Å². The van der Waals surface area contributed by atoms with Crippen molar-refractivity contribution >= 4 is 39.2 Å². The second-order valence-corrected chi connectivity index (χ2v) is 24.3. The van der Waals surface area contributed by atoms with E-state index >= 15 is 0 Å². The van der Waals surface area contributed by atoms with E-state index in [0.29, 0.717) is 62.5 Å². The van der Waals surface area contributed by atoms with Crippen molar-refractivity contribution in [2.75, 3.05) is 53.4 Å². The van der Waals surface area contributed by atoms with Crippen molar-refractivity contribution in [3.8, 4) is 0 Å². The molecule has 3 fully saturated rings. The Morgan fingerprint density at radius 3 is 2.29 bits per heavy atom. The standard InChI is InChI=1S/C57H92N2O15S/c1-12-45-52(62)40(6)30-36(2)18-14-13-15-19-37(3)47(58(9)75(68,69)29-28-70-10)34-44-23-21-42(8)57(67,74-44)54(64)55(65)59-25-17-16-20-46(59)56(66)73-50(35-48(61)38(4)31-41(7)53(45)63)39(5)32-43-22-24-49(72-27-26-60)51(33-43)71-11/h13-15,18-19,31,36,38-40,42-47,49-51,53,60,63,67H,12,16-17,20-30,32-35H2,1-11H3/b15-13+,18-14+,37-19+,41-31+. The van der Waals surface area contributed by atoms with Gasteiger partial charge >= 0.3 is 5.97 Å². The summed E-state index contributed by atoms with van der Waals surface area (Å²) in [6.07, 6.45) is 12.7. The van der Waals surface area contributed by atoms with Crippen LogP contribution in [-0.4, -0.2) is 164 Å². The van der Waals surface area contributed by atoms with Crippen LogP contribution in [0.15, 0.2) is 47.6 Å². The number of methoxy groups -OCH3 is 2. The van der Waals surface area contributed by atoms with E-state index < -0.39 is 81.6 Å². The van der Waals surface area contributed by atoms with Crippen molar-refractivity contribution in [1.29, 1.82) is 0 Å². The number of nitrogens with zero attached hydrogens (tertiary/aromatic N) is 2. The molecule has 0 spiro atoms. The quantitative estimate of drug-likeness (QED) is 0.102. The number of likely N-dealkylation sites (N-methyl/N-ethyl adjacent to an activating group) is 1. The zero-order valence-corrected chi connectivity index (χ0v) is 47.6. The van der Waals surface area contributed by atoms with Crippen LogP contribution < -0.4 is 0 Å². The number of aliphatic hydroxyl groups excluding tert-OH is 2. The number of allylic oxidation sites excluding steroid dienone is 6. The number of rotatable bonds is 13. The van der Waals surface area contributed by atoms with Crippen LogP contribution in [0.1, 0.15) is 139 Å². The summed E-state index contributed by atoms with van der Waals surface area (Å²) in [5.41, 5.74) is 1.13. The second kappa shape index (κ2) is 30.1. The highest BCUT2D eigenvalue weighted by Gasteiger charge is 2.53. The molecule has 4 rings (SSSR count). The van der Waals surface area contributed by atoms with Gasteiger partial charge in [0.25, 0.3) is 11.7 Å². The van der Waals surface area contributed by atoms with Crippen LogP contribution in [0.5, 0.6) is 0 Å². The summed E-state index contributed by atoms with van der Waals surface area (Å²) in [6.45, 7) is 14.5. The van der Waals surface area contributed by atoms with Gasteiger partial charge in [-0.1, -0.05) is 83.6 Å². The lowest BCUT2D eigenvalue weighted by atomic mass is 9.78. The van der Waals surface area contributed by atoms with Gasteiger partial charge < -0.3 is 43.9 Å². The van der Waals surface area contributed by atoms with E-state index in [0.717, 1.165) is 11.3 Å². The van der Waals surface area contributed by atoms with Crippen molar-refractivity contribution in [2.24, 2.45) is 41.4 Å². The molecule has 0 aromatic heterocycles. The molecule has 426 valence electrons. The molecule has 1 amide bonds. The largest absolute Gasteiger partial charge is 0.460 e. The Hall–Kier alpha value is -3.46. The van der Waals surface area contributed by atoms with Crippen LogP contribution in [0.25, 0.3) is 0 Å². The Morgan fingerprint density at radius 2 is 1.63 bits per heavy atom. The number of carbonyl (C=O) groups is 5. The van der Waals surface area contributed by atoms with Gasteiger partial charge in [-0.05, 0) is 114 Å². The van der Waals surface area contributed by atoms with Gasteiger partial charge in [-0.15, -0.1) is 0 Å². The Kier molecular flexibility index (Phi) is 25.7. The van der Waals surface area contributed by atoms with Crippen LogP contribution in [0.2, 0.25) is 0 Å². The minimum Gasteiger partial charge on any atom is -0.460 e. The molecule has 4 aliphatic rings. The van der Waals surface area contributed by atoms with E-state index in [1.165, 1.54) is 18.5 Å². The second-order valence-electron chi connectivity index (χ2n) is 22.1. The van der Waals surface area contributed by atoms with Gasteiger partial charge in [0.05, 0.1) is 50.0 Å². The third kappa shape index (κ3) is 17.5. The molecule has 15 unspecified atom stereocenters. The SMILES string of the molecule is CCC1C(=O)C(C)CC(C)/C=C/C=C/C=C(\C)C(N(C)S(=O)(=O)CCOC)CC2CCC(C)C(O)(O2)C(=O)C(=O)N2CCCCC2C(=O)OC(C(C)CC2CCC(OCCO)C(OC)C2)CC(=O)C(C)/C=C(\C)C1O. The lowest BCUT2D eigenvalue weighted by Crippen LogP contribution is -2.61. The van der Waals surface area contributed by atoms with Gasteiger partial charge in [0.1, 0.15) is 23.7 Å². The van der Waals surface area contributed by atoms with E-state index in [2.05, 4.69) is 0 Å². The van der Waals surface area contributed by atoms with E-state index in [1.54, 1.807) is 53.0 Å². The molecule has 75 heavy (non-hydrogen) atoms. The number of amides is 1. The fourth-order valence-corrected chi connectivity index (χ4v) is 12.8. The predicted octanol–water partition coefficient (Wildman–Crippen LogP) is 6.47. The topological polar surface area (TPSA) is 233 Å². The average Bonchev–Trinajstić information content (AvgIpc) is 3.38. The maximum atomic E-state index is 14.6. The van der Waals surface area contributed by atoms with Gasteiger partial charge in [0.15, 0.2) is 0 Å². The molecule has 3 N–H and O–H groups in total. The van der Waals surface area contributed by atoms with Crippen molar-refractivity contribution in [1.82, 2.24) is 9.21 Å². The fourth-order valence-electron chi connectivity index (χ4n) is 11.5. The molecule has 0 aromatic carbocycles. The number of ketones is 3. The number of cyclic esters (lactones) is 1. The minimum absolute atomic E-state index is 0.0184. The summed E-state index contributed by atoms with van der Waals surface area (Å²) in [7, 11) is 0.622. The Balaban J connectivity index is 1.76. The van der Waals surface area contributed by atoms with E-state index in [1.807, 2.05) is 45.9 Å². The van der Waals surface area contributed by atoms with Gasteiger partial charge in [-0.3, -0.25) is 19.2 Å². The number of piperidine rings is 1. The first kappa shape index (κ1) is 64.1. The van der Waals surface area contributed by atoms with Gasteiger partial charge in [-0.25, -0.2) is 13.2 Å². The smallest absolute Gasteiger partial charge is 0.329 e. The molecule has 17 nitrogen and oxygen atoms in total. The Labute approximate surface area is 447 Å². The number of fused-ring (bicyclic) bond motifs is 3. The monoisotopic (exact) mass is 1080 g/mol. The number of hydrogen-bond donors (Lipinski definition) is 3. The van der Waals surface area contributed by atoms with Crippen LogP contribution in [0, 0.1) is 41.4 Å². The van der Waals surface area contributed by atoms with Crippen molar-refractivity contribution in [2.45, 2.75) is 187 Å². The van der Waals surface area contributed by atoms with E-state index in [-0.39, 0.29) is 105 Å². The van der Waals surface area contributed by atoms with Gasteiger partial charge in [-0.2, -0.15) is 4.31 Å². The number of hydrogen-bond acceptors (Lipinski definition) is 15. The summed E-state index contributed by atoms with van der Waals surface area (Å²) >= 11 is 0. The zero-order valence-electron chi connectivity index (χ0n) is 46.8. The first-order valence-electron chi connectivity index (χ1n) is 27.5. The van der Waals surface area contributed by atoms with Gasteiger partial charge in [0.2, 0.25) is 15.8 Å². The number of ether oxygens (including phenoxy) is 5. The Morgan fingerprint density at radius 1 is 0.907 bits per heavy atom. The predicted molar refractivity (Wildman–Crippen MR) is 285 cm³/mol. The third-order valence-electron chi connectivity index (χ3n) is 16.4. The number of esters is 1.